The average Bonchev–Trinajstić information content (AvgIpc) is 2.73. The lowest BCUT2D eigenvalue weighted by Gasteiger charge is -2.08. The zero-order chi connectivity index (χ0) is 19.1. The van der Waals surface area contributed by atoms with E-state index >= 15 is 0 Å². The number of aromatic nitrogens is 1. The van der Waals surface area contributed by atoms with Crippen LogP contribution in [-0.2, 0) is 0 Å². The Morgan fingerprint density at radius 3 is 2.22 bits per heavy atom. The molecule has 1 aromatic heterocycles. The second kappa shape index (κ2) is 8.53. The Morgan fingerprint density at radius 1 is 0.815 bits per heavy atom. The van der Waals surface area contributed by atoms with Gasteiger partial charge in [-0.3, -0.25) is 14.6 Å². The van der Waals surface area contributed by atoms with Gasteiger partial charge in [0, 0.05) is 29.2 Å². The van der Waals surface area contributed by atoms with E-state index in [0.29, 0.717) is 22.5 Å². The third-order valence-corrected chi connectivity index (χ3v) is 3.84. The van der Waals surface area contributed by atoms with Crippen molar-refractivity contribution in [2.24, 2.45) is 5.10 Å². The van der Waals surface area contributed by atoms with Gasteiger partial charge in [0.2, 0.25) is 0 Å². The number of nitrogens with one attached hydrogen (secondary N) is 2. The summed E-state index contributed by atoms with van der Waals surface area (Å²) in [6.45, 7) is 1.78. The maximum atomic E-state index is 12.3. The van der Waals surface area contributed by atoms with Gasteiger partial charge in [0.1, 0.15) is 0 Å². The fourth-order valence-corrected chi connectivity index (χ4v) is 2.38. The maximum Gasteiger partial charge on any atom is 0.271 e. The predicted molar refractivity (Wildman–Crippen MR) is 105 cm³/mol. The Hall–Kier alpha value is -3.80. The quantitative estimate of drug-likeness (QED) is 0.541. The summed E-state index contributed by atoms with van der Waals surface area (Å²) in [5, 5.41) is 6.99. The summed E-state index contributed by atoms with van der Waals surface area (Å²) >= 11 is 0. The van der Waals surface area contributed by atoms with Gasteiger partial charge < -0.3 is 5.32 Å². The molecule has 3 rings (SSSR count). The standard InChI is InChI=1S/C21H18N4O2/c1-15(24-25-21(27)17-10-12-22-13-11-17)18-8-5-9-19(14-18)23-20(26)16-6-3-2-4-7-16/h2-14H,1H3,(H,23,26)(H,25,27)/b24-15-. The van der Waals surface area contributed by atoms with E-state index in [-0.39, 0.29) is 11.8 Å². The number of nitrogens with zero attached hydrogens (tertiary/aromatic N) is 2. The molecule has 0 saturated heterocycles. The topological polar surface area (TPSA) is 83.4 Å². The first-order valence-electron chi connectivity index (χ1n) is 8.35. The van der Waals surface area contributed by atoms with Gasteiger partial charge in [-0.25, -0.2) is 5.43 Å². The minimum Gasteiger partial charge on any atom is -0.322 e. The van der Waals surface area contributed by atoms with Crippen LogP contribution in [0.1, 0.15) is 33.2 Å². The maximum absolute atomic E-state index is 12.3. The van der Waals surface area contributed by atoms with E-state index in [4.69, 9.17) is 0 Å². The normalized spacial score (nSPS) is 10.9. The Morgan fingerprint density at radius 2 is 1.48 bits per heavy atom. The number of carbonyl (C=O) groups excluding carboxylic acids is 2. The number of benzene rings is 2. The number of rotatable bonds is 5. The number of carbonyl (C=O) groups is 2. The second-order valence-electron chi connectivity index (χ2n) is 5.77. The van der Waals surface area contributed by atoms with Gasteiger partial charge in [-0.1, -0.05) is 30.3 Å². The molecule has 0 aliphatic heterocycles. The largest absolute Gasteiger partial charge is 0.322 e. The third kappa shape index (κ3) is 4.85. The lowest BCUT2D eigenvalue weighted by atomic mass is 10.1. The predicted octanol–water partition coefficient (Wildman–Crippen LogP) is 3.49. The first-order chi connectivity index (χ1) is 13.1. The molecule has 3 aromatic rings. The minimum atomic E-state index is -0.315. The van der Waals surface area contributed by atoms with Crippen LogP contribution in [0.25, 0.3) is 0 Å². The van der Waals surface area contributed by atoms with E-state index in [1.165, 1.54) is 0 Å². The highest BCUT2D eigenvalue weighted by molar-refractivity contribution is 6.06. The van der Waals surface area contributed by atoms with E-state index in [1.807, 2.05) is 30.3 Å². The fraction of sp³-hybridized carbons (Fsp3) is 0.0476. The van der Waals surface area contributed by atoms with Crippen LogP contribution in [0.5, 0.6) is 0 Å². The van der Waals surface area contributed by atoms with Crippen molar-refractivity contribution >= 4 is 23.2 Å². The smallest absolute Gasteiger partial charge is 0.271 e. The molecule has 0 fully saturated rings. The van der Waals surface area contributed by atoms with Gasteiger partial charge in [0.25, 0.3) is 11.8 Å². The minimum absolute atomic E-state index is 0.187. The molecule has 0 spiro atoms. The van der Waals surface area contributed by atoms with Crippen LogP contribution in [-0.4, -0.2) is 22.5 Å². The van der Waals surface area contributed by atoms with Gasteiger partial charge in [-0.05, 0) is 48.9 Å². The highest BCUT2D eigenvalue weighted by Gasteiger charge is 2.07. The molecule has 0 bridgehead atoms. The van der Waals surface area contributed by atoms with Crippen LogP contribution in [0.4, 0.5) is 5.69 Å². The highest BCUT2D eigenvalue weighted by atomic mass is 16.2. The van der Waals surface area contributed by atoms with E-state index < -0.39 is 0 Å². The highest BCUT2D eigenvalue weighted by Crippen LogP contribution is 2.13. The molecule has 2 amide bonds. The molecule has 1 heterocycles. The molecule has 0 atom stereocenters. The van der Waals surface area contributed by atoms with E-state index in [9.17, 15) is 9.59 Å². The van der Waals surface area contributed by atoms with Gasteiger partial charge in [-0.2, -0.15) is 5.10 Å². The number of hydrogen-bond donors (Lipinski definition) is 2. The molecular formula is C21H18N4O2. The molecule has 27 heavy (non-hydrogen) atoms. The zero-order valence-corrected chi connectivity index (χ0v) is 14.7. The van der Waals surface area contributed by atoms with E-state index in [0.717, 1.165) is 5.56 Å². The second-order valence-corrected chi connectivity index (χ2v) is 5.77. The fourth-order valence-electron chi connectivity index (χ4n) is 2.38. The molecule has 0 saturated carbocycles. The summed E-state index contributed by atoms with van der Waals surface area (Å²) < 4.78 is 0. The number of hydrazone groups is 1. The zero-order valence-electron chi connectivity index (χ0n) is 14.7. The van der Waals surface area contributed by atoms with Crippen LogP contribution in [0.2, 0.25) is 0 Å². The molecule has 134 valence electrons. The van der Waals surface area contributed by atoms with Crippen LogP contribution in [0.15, 0.2) is 84.2 Å². The van der Waals surface area contributed by atoms with E-state index in [2.05, 4.69) is 20.8 Å². The van der Waals surface area contributed by atoms with Crippen LogP contribution in [0, 0.1) is 0 Å². The average molecular weight is 358 g/mol. The molecule has 0 radical (unpaired) electrons. The summed E-state index contributed by atoms with van der Waals surface area (Å²) in [6.07, 6.45) is 3.09. The molecule has 6 heteroatoms. The van der Waals surface area contributed by atoms with Crippen LogP contribution < -0.4 is 10.7 Å². The summed E-state index contributed by atoms with van der Waals surface area (Å²) in [5.74, 6) is -0.501. The van der Waals surface area contributed by atoms with Gasteiger partial charge >= 0.3 is 0 Å². The van der Waals surface area contributed by atoms with Crippen molar-refractivity contribution in [1.82, 2.24) is 10.4 Å². The Kier molecular flexibility index (Phi) is 5.69. The number of anilines is 1. The first kappa shape index (κ1) is 18.0. The molecule has 0 aliphatic rings. The van der Waals surface area contributed by atoms with Crippen LogP contribution >= 0.6 is 0 Å². The monoisotopic (exact) mass is 358 g/mol. The summed E-state index contributed by atoms with van der Waals surface area (Å²) in [6, 6.07) is 19.5. The Labute approximate surface area is 157 Å². The van der Waals surface area contributed by atoms with Gasteiger partial charge in [0.05, 0.1) is 5.71 Å². The van der Waals surface area contributed by atoms with Crippen molar-refractivity contribution in [3.05, 3.63) is 95.8 Å². The molecule has 0 aliphatic carbocycles. The molecule has 0 unspecified atom stereocenters. The van der Waals surface area contributed by atoms with E-state index in [1.54, 1.807) is 55.7 Å². The summed E-state index contributed by atoms with van der Waals surface area (Å²) in [4.78, 5) is 28.2. The third-order valence-electron chi connectivity index (χ3n) is 3.84. The molecule has 2 N–H and O–H groups in total. The lowest BCUT2D eigenvalue weighted by Crippen LogP contribution is -2.19. The SMILES string of the molecule is C/C(=N/NC(=O)c1ccncc1)c1cccc(NC(=O)c2ccccc2)c1. The summed E-state index contributed by atoms with van der Waals surface area (Å²) in [5.41, 5.74) is 5.63. The first-order valence-corrected chi connectivity index (χ1v) is 8.35. The number of hydrogen-bond acceptors (Lipinski definition) is 4. The van der Waals surface area contributed by atoms with Crippen LogP contribution in [0.3, 0.4) is 0 Å². The van der Waals surface area contributed by atoms with Crippen molar-refractivity contribution in [1.29, 1.82) is 0 Å². The van der Waals surface area contributed by atoms with Crippen molar-refractivity contribution in [2.45, 2.75) is 6.92 Å². The van der Waals surface area contributed by atoms with Crippen molar-refractivity contribution in [3.63, 3.8) is 0 Å². The lowest BCUT2D eigenvalue weighted by molar-refractivity contribution is 0.0954. The number of amides is 2. The Bertz CT molecular complexity index is 970. The van der Waals surface area contributed by atoms with Crippen molar-refractivity contribution in [2.75, 3.05) is 5.32 Å². The van der Waals surface area contributed by atoms with Gasteiger partial charge in [-0.15, -0.1) is 0 Å². The van der Waals surface area contributed by atoms with Gasteiger partial charge in [0.15, 0.2) is 0 Å². The summed E-state index contributed by atoms with van der Waals surface area (Å²) in [7, 11) is 0. The number of pyridine rings is 1. The Balaban J connectivity index is 1.69. The molecular weight excluding hydrogens is 340 g/mol. The van der Waals surface area contributed by atoms with Crippen molar-refractivity contribution in [3.8, 4) is 0 Å². The molecule has 2 aromatic carbocycles. The molecule has 6 nitrogen and oxygen atoms in total. The van der Waals surface area contributed by atoms with Crippen molar-refractivity contribution < 1.29 is 9.59 Å².